The third-order valence-corrected chi connectivity index (χ3v) is 6.37. The van der Waals surface area contributed by atoms with Gasteiger partial charge in [-0.2, -0.15) is 13.2 Å². The highest BCUT2D eigenvalue weighted by molar-refractivity contribution is 5.34. The number of benzene rings is 2. The summed E-state index contributed by atoms with van der Waals surface area (Å²) in [7, 11) is 0. The first kappa shape index (κ1) is 23.3. The molecule has 0 radical (unpaired) electrons. The van der Waals surface area contributed by atoms with Crippen molar-refractivity contribution < 1.29 is 13.2 Å². The lowest BCUT2D eigenvalue weighted by molar-refractivity contribution is -0.139. The fourth-order valence-electron chi connectivity index (χ4n) is 4.52. The number of hydrogen-bond acceptors (Lipinski definition) is 2. The Bertz CT molecular complexity index is 1150. The Morgan fingerprint density at radius 1 is 0.939 bits per heavy atom. The minimum absolute atomic E-state index is 0.00741. The molecule has 0 amide bonds. The second-order valence-electron chi connectivity index (χ2n) is 9.84. The molecule has 1 aliphatic carbocycles. The van der Waals surface area contributed by atoms with Crippen LogP contribution in [0.5, 0.6) is 0 Å². The van der Waals surface area contributed by atoms with Crippen LogP contribution in [0, 0.1) is 0 Å². The van der Waals surface area contributed by atoms with Crippen LogP contribution in [-0.2, 0) is 31.0 Å². The Labute approximate surface area is 192 Å². The van der Waals surface area contributed by atoms with Crippen LogP contribution in [0.4, 0.5) is 13.2 Å². The summed E-state index contributed by atoms with van der Waals surface area (Å²) in [5.41, 5.74) is 2.53. The first-order chi connectivity index (χ1) is 15.5. The van der Waals surface area contributed by atoms with Gasteiger partial charge in [-0.05, 0) is 52.6 Å². The maximum Gasteiger partial charge on any atom is 0.421 e. The third-order valence-electron chi connectivity index (χ3n) is 6.37. The zero-order chi connectivity index (χ0) is 23.8. The molecule has 1 atom stereocenters. The van der Waals surface area contributed by atoms with Crippen molar-refractivity contribution in [2.75, 3.05) is 0 Å². The average molecular weight is 455 g/mol. The Balaban J connectivity index is 1.64. The molecule has 1 aliphatic rings. The Kier molecular flexibility index (Phi) is 6.23. The van der Waals surface area contributed by atoms with Crippen molar-refractivity contribution in [3.05, 3.63) is 105 Å². The molecule has 1 aromatic heterocycles. The summed E-state index contributed by atoms with van der Waals surface area (Å²) in [4.78, 5) is 12.6. The summed E-state index contributed by atoms with van der Waals surface area (Å²) >= 11 is 0. The zero-order valence-corrected chi connectivity index (χ0v) is 19.1. The van der Waals surface area contributed by atoms with Crippen LogP contribution in [0.15, 0.2) is 71.7 Å². The molecular weight excluding hydrogens is 425 g/mol. The van der Waals surface area contributed by atoms with Gasteiger partial charge in [-0.1, -0.05) is 69.3 Å². The third kappa shape index (κ3) is 5.22. The molecule has 6 heteroatoms. The first-order valence-electron chi connectivity index (χ1n) is 11.2. The molecule has 1 heterocycles. The van der Waals surface area contributed by atoms with Gasteiger partial charge in [0.05, 0.1) is 6.04 Å². The van der Waals surface area contributed by atoms with E-state index < -0.39 is 17.3 Å². The van der Waals surface area contributed by atoms with Crippen molar-refractivity contribution in [2.45, 2.75) is 63.8 Å². The van der Waals surface area contributed by atoms with Crippen LogP contribution in [0.25, 0.3) is 0 Å². The van der Waals surface area contributed by atoms with Gasteiger partial charge in [0.2, 0.25) is 0 Å². The molecular formula is C27H29F3N2O. The van der Waals surface area contributed by atoms with Gasteiger partial charge in [-0.3, -0.25) is 4.79 Å². The first-order valence-corrected chi connectivity index (χ1v) is 11.2. The Hall–Kier alpha value is -2.86. The highest BCUT2D eigenvalue weighted by Crippen LogP contribution is 2.29. The van der Waals surface area contributed by atoms with E-state index in [1.54, 1.807) is 0 Å². The molecule has 0 bridgehead atoms. The van der Waals surface area contributed by atoms with Crippen molar-refractivity contribution in [1.29, 1.82) is 0 Å². The predicted molar refractivity (Wildman–Crippen MR) is 124 cm³/mol. The topological polar surface area (TPSA) is 34.0 Å². The molecule has 0 saturated carbocycles. The SMILES string of the molecule is CC(C)(C)c1ccc([C@@H](Cn2cccc(C(F)(F)F)c2=O)NC2Cc3ccccc3C2)cc1. The molecule has 0 unspecified atom stereocenters. The van der Waals surface area contributed by atoms with Crippen LogP contribution in [0.3, 0.4) is 0 Å². The van der Waals surface area contributed by atoms with Crippen LogP contribution >= 0.6 is 0 Å². The second-order valence-corrected chi connectivity index (χ2v) is 9.84. The molecule has 174 valence electrons. The van der Waals surface area contributed by atoms with Gasteiger partial charge in [-0.25, -0.2) is 0 Å². The fourth-order valence-corrected chi connectivity index (χ4v) is 4.52. The number of pyridine rings is 1. The van der Waals surface area contributed by atoms with E-state index in [2.05, 4.69) is 50.4 Å². The summed E-state index contributed by atoms with van der Waals surface area (Å²) in [5, 5.41) is 3.63. The minimum Gasteiger partial charge on any atom is -0.313 e. The van der Waals surface area contributed by atoms with E-state index in [-0.39, 0.29) is 24.0 Å². The van der Waals surface area contributed by atoms with Gasteiger partial charge in [0.15, 0.2) is 0 Å². The molecule has 3 aromatic rings. The highest BCUT2D eigenvalue weighted by Gasteiger charge is 2.34. The van der Waals surface area contributed by atoms with E-state index in [1.165, 1.54) is 33.5 Å². The molecule has 1 N–H and O–H groups in total. The summed E-state index contributed by atoms with van der Waals surface area (Å²) < 4.78 is 41.1. The number of halogens is 3. The van der Waals surface area contributed by atoms with Crippen molar-refractivity contribution in [2.24, 2.45) is 0 Å². The lowest BCUT2D eigenvalue weighted by Gasteiger charge is -2.26. The van der Waals surface area contributed by atoms with Gasteiger partial charge in [0.25, 0.3) is 5.56 Å². The minimum atomic E-state index is -4.68. The van der Waals surface area contributed by atoms with Crippen LogP contribution in [0.2, 0.25) is 0 Å². The van der Waals surface area contributed by atoms with E-state index >= 15 is 0 Å². The van der Waals surface area contributed by atoms with E-state index in [9.17, 15) is 18.0 Å². The monoisotopic (exact) mass is 454 g/mol. The van der Waals surface area contributed by atoms with Crippen LogP contribution in [0.1, 0.15) is 54.6 Å². The van der Waals surface area contributed by atoms with E-state index in [0.717, 1.165) is 24.5 Å². The molecule has 33 heavy (non-hydrogen) atoms. The van der Waals surface area contributed by atoms with Crippen LogP contribution in [-0.4, -0.2) is 10.6 Å². The molecule has 3 nitrogen and oxygen atoms in total. The smallest absolute Gasteiger partial charge is 0.313 e. The molecule has 0 fully saturated rings. The van der Waals surface area contributed by atoms with Gasteiger partial charge >= 0.3 is 6.18 Å². The molecule has 0 spiro atoms. The summed E-state index contributed by atoms with van der Waals surface area (Å²) in [6, 6.07) is 18.4. The van der Waals surface area contributed by atoms with Crippen molar-refractivity contribution in [1.82, 2.24) is 9.88 Å². The van der Waals surface area contributed by atoms with Gasteiger partial charge in [0, 0.05) is 18.8 Å². The van der Waals surface area contributed by atoms with Crippen molar-refractivity contribution >= 4 is 0 Å². The number of aromatic nitrogens is 1. The normalized spacial score (nSPS) is 15.5. The highest BCUT2D eigenvalue weighted by atomic mass is 19.4. The number of nitrogens with one attached hydrogen (secondary N) is 1. The molecule has 0 aliphatic heterocycles. The van der Waals surface area contributed by atoms with E-state index in [4.69, 9.17) is 0 Å². The van der Waals surface area contributed by atoms with Crippen molar-refractivity contribution in [3.63, 3.8) is 0 Å². The fraction of sp³-hybridized carbons (Fsp3) is 0.370. The molecule has 0 saturated heterocycles. The lowest BCUT2D eigenvalue weighted by Crippen LogP contribution is -2.38. The average Bonchev–Trinajstić information content (AvgIpc) is 3.16. The van der Waals surface area contributed by atoms with Crippen molar-refractivity contribution in [3.8, 4) is 0 Å². The largest absolute Gasteiger partial charge is 0.421 e. The van der Waals surface area contributed by atoms with E-state index in [1.807, 2.05) is 24.3 Å². The number of hydrogen-bond donors (Lipinski definition) is 1. The lowest BCUT2D eigenvalue weighted by atomic mass is 9.86. The maximum atomic E-state index is 13.3. The number of alkyl halides is 3. The number of nitrogens with zero attached hydrogens (tertiary/aromatic N) is 1. The predicted octanol–water partition coefficient (Wildman–Crippen LogP) is 5.66. The maximum absolute atomic E-state index is 13.3. The van der Waals surface area contributed by atoms with Gasteiger partial charge in [-0.15, -0.1) is 0 Å². The van der Waals surface area contributed by atoms with Crippen LogP contribution < -0.4 is 10.9 Å². The summed E-state index contributed by atoms with van der Waals surface area (Å²) in [5.74, 6) is 0. The number of fused-ring (bicyclic) bond motifs is 1. The summed E-state index contributed by atoms with van der Waals surface area (Å²) in [6.07, 6.45) is -1.54. The number of rotatable bonds is 5. The molecule has 2 aromatic carbocycles. The van der Waals surface area contributed by atoms with Gasteiger partial charge < -0.3 is 9.88 Å². The van der Waals surface area contributed by atoms with Gasteiger partial charge in [0.1, 0.15) is 5.56 Å². The second kappa shape index (κ2) is 8.82. The summed E-state index contributed by atoms with van der Waals surface area (Å²) in [6.45, 7) is 6.52. The zero-order valence-electron chi connectivity index (χ0n) is 19.1. The standard InChI is InChI=1S/C27H29F3N2O/c1-26(2,3)21-12-10-18(11-13-21)24(31-22-15-19-7-4-5-8-20(19)16-22)17-32-14-6-9-23(25(32)33)27(28,29)30/h4-14,22,24,31H,15-17H2,1-3H3/t24-/m1/s1. The Morgan fingerprint density at radius 3 is 2.09 bits per heavy atom. The van der Waals surface area contributed by atoms with E-state index in [0.29, 0.717) is 0 Å². The quantitative estimate of drug-likeness (QED) is 0.540. The molecule has 4 rings (SSSR count). The Morgan fingerprint density at radius 2 is 1.55 bits per heavy atom.